The first-order valence-electron chi connectivity index (χ1n) is 10.0. The highest BCUT2D eigenvalue weighted by Gasteiger charge is 2.16. The molecule has 154 valence electrons. The molecule has 2 aromatic carbocycles. The maximum atomic E-state index is 12.2. The van der Waals surface area contributed by atoms with Gasteiger partial charge in [0.15, 0.2) is 6.61 Å². The third-order valence-corrected chi connectivity index (χ3v) is 4.86. The zero-order chi connectivity index (χ0) is 20.6. The van der Waals surface area contributed by atoms with Crippen LogP contribution in [-0.4, -0.2) is 37.7 Å². The summed E-state index contributed by atoms with van der Waals surface area (Å²) in [6, 6.07) is 14.5. The van der Waals surface area contributed by atoms with Crippen molar-refractivity contribution in [3.63, 3.8) is 0 Å². The summed E-state index contributed by atoms with van der Waals surface area (Å²) in [5, 5.41) is 5.65. The summed E-state index contributed by atoms with van der Waals surface area (Å²) in [7, 11) is 0. The average Bonchev–Trinajstić information content (AvgIpc) is 3.25. The Morgan fingerprint density at radius 1 is 1.10 bits per heavy atom. The van der Waals surface area contributed by atoms with Crippen LogP contribution in [0.1, 0.15) is 48.5 Å². The minimum absolute atomic E-state index is 0.0787. The lowest BCUT2D eigenvalue weighted by Gasteiger charge is -2.11. The van der Waals surface area contributed by atoms with Crippen molar-refractivity contribution in [3.8, 4) is 5.75 Å². The number of amides is 2. The molecule has 0 saturated carbocycles. The quantitative estimate of drug-likeness (QED) is 0.713. The van der Waals surface area contributed by atoms with Gasteiger partial charge in [-0.2, -0.15) is 0 Å². The van der Waals surface area contributed by atoms with E-state index < -0.39 is 0 Å². The zero-order valence-corrected chi connectivity index (χ0v) is 16.9. The first-order valence-corrected chi connectivity index (χ1v) is 10.0. The van der Waals surface area contributed by atoms with E-state index in [4.69, 9.17) is 9.47 Å². The summed E-state index contributed by atoms with van der Waals surface area (Å²) < 4.78 is 11.0. The molecule has 1 atom stereocenters. The van der Waals surface area contributed by atoms with Gasteiger partial charge in [0.05, 0.1) is 6.10 Å². The van der Waals surface area contributed by atoms with E-state index in [1.54, 1.807) is 24.3 Å². The van der Waals surface area contributed by atoms with Crippen LogP contribution in [-0.2, 0) is 9.53 Å². The lowest BCUT2D eigenvalue weighted by molar-refractivity contribution is -0.118. The van der Waals surface area contributed by atoms with E-state index >= 15 is 0 Å². The Bertz CT molecular complexity index is 810. The Labute approximate surface area is 171 Å². The highest BCUT2D eigenvalue weighted by Crippen LogP contribution is 2.18. The fourth-order valence-corrected chi connectivity index (χ4v) is 3.11. The predicted octanol–water partition coefficient (Wildman–Crippen LogP) is 3.74. The number of rotatable bonds is 8. The summed E-state index contributed by atoms with van der Waals surface area (Å²) in [5.41, 5.74) is 2.38. The summed E-state index contributed by atoms with van der Waals surface area (Å²) >= 11 is 0. The Kier molecular flexibility index (Phi) is 7.25. The number of ether oxygens (including phenoxy) is 2. The molecule has 6 heteroatoms. The van der Waals surface area contributed by atoms with Crippen molar-refractivity contribution < 1.29 is 19.1 Å². The first-order chi connectivity index (χ1) is 14.0. The zero-order valence-electron chi connectivity index (χ0n) is 16.9. The summed E-state index contributed by atoms with van der Waals surface area (Å²) in [5.74, 6) is 0.705. The topological polar surface area (TPSA) is 76.7 Å². The van der Waals surface area contributed by atoms with Crippen molar-refractivity contribution in [2.24, 2.45) is 0 Å². The largest absolute Gasteiger partial charge is 0.484 e. The van der Waals surface area contributed by atoms with Crippen molar-refractivity contribution in [2.75, 3.05) is 25.1 Å². The molecule has 0 spiro atoms. The minimum atomic E-state index is -0.256. The third kappa shape index (κ3) is 6.32. The molecule has 1 unspecified atom stereocenters. The maximum absolute atomic E-state index is 12.2. The van der Waals surface area contributed by atoms with Crippen LogP contribution >= 0.6 is 0 Å². The van der Waals surface area contributed by atoms with Gasteiger partial charge < -0.3 is 20.1 Å². The SMILES string of the molecule is CC(C)c1ccc(OCC(=O)Nc2ccc(C(=O)NCC3CCCO3)cc2)cc1. The Morgan fingerprint density at radius 2 is 1.83 bits per heavy atom. The lowest BCUT2D eigenvalue weighted by Crippen LogP contribution is -2.31. The molecule has 29 heavy (non-hydrogen) atoms. The van der Waals surface area contributed by atoms with E-state index in [2.05, 4.69) is 24.5 Å². The highest BCUT2D eigenvalue weighted by molar-refractivity contribution is 5.96. The molecule has 1 aliphatic heterocycles. The maximum Gasteiger partial charge on any atom is 0.262 e. The first kappa shape index (κ1) is 20.9. The molecule has 2 N–H and O–H groups in total. The van der Waals surface area contributed by atoms with E-state index in [1.807, 2.05) is 24.3 Å². The van der Waals surface area contributed by atoms with Gasteiger partial charge in [-0.1, -0.05) is 26.0 Å². The van der Waals surface area contributed by atoms with Gasteiger partial charge in [-0.15, -0.1) is 0 Å². The standard InChI is InChI=1S/C23H28N2O4/c1-16(2)17-7-11-20(12-8-17)29-15-22(26)25-19-9-5-18(6-10-19)23(27)24-14-21-4-3-13-28-21/h5-12,16,21H,3-4,13-15H2,1-2H3,(H,24,27)(H,25,26). The monoisotopic (exact) mass is 396 g/mol. The molecule has 1 heterocycles. The number of anilines is 1. The molecule has 1 saturated heterocycles. The average molecular weight is 396 g/mol. The second-order valence-corrected chi connectivity index (χ2v) is 7.48. The van der Waals surface area contributed by atoms with Gasteiger partial charge in [0.25, 0.3) is 11.8 Å². The van der Waals surface area contributed by atoms with Crippen LogP contribution in [0.5, 0.6) is 5.75 Å². The van der Waals surface area contributed by atoms with Gasteiger partial charge in [-0.05, 0) is 60.7 Å². The molecule has 0 bridgehead atoms. The molecule has 2 amide bonds. The smallest absolute Gasteiger partial charge is 0.262 e. The molecule has 6 nitrogen and oxygen atoms in total. The van der Waals surface area contributed by atoms with E-state index in [9.17, 15) is 9.59 Å². The van der Waals surface area contributed by atoms with Gasteiger partial charge in [-0.3, -0.25) is 9.59 Å². The summed E-state index contributed by atoms with van der Waals surface area (Å²) in [6.07, 6.45) is 2.14. The number of carbonyl (C=O) groups excluding carboxylic acids is 2. The summed E-state index contributed by atoms with van der Waals surface area (Å²) in [4.78, 5) is 24.3. The third-order valence-electron chi connectivity index (χ3n) is 4.86. The van der Waals surface area contributed by atoms with Crippen molar-refractivity contribution in [1.82, 2.24) is 5.32 Å². The molecular weight excluding hydrogens is 368 g/mol. The van der Waals surface area contributed by atoms with E-state index in [0.29, 0.717) is 29.5 Å². The number of benzene rings is 2. The molecule has 0 aliphatic carbocycles. The van der Waals surface area contributed by atoms with E-state index in [1.165, 1.54) is 5.56 Å². The predicted molar refractivity (Wildman–Crippen MR) is 112 cm³/mol. The fourth-order valence-electron chi connectivity index (χ4n) is 3.11. The van der Waals surface area contributed by atoms with Crippen molar-refractivity contribution in [1.29, 1.82) is 0 Å². The second-order valence-electron chi connectivity index (χ2n) is 7.48. The number of carbonyl (C=O) groups is 2. The van der Waals surface area contributed by atoms with E-state index in [0.717, 1.165) is 19.4 Å². The number of nitrogens with one attached hydrogen (secondary N) is 2. The number of hydrogen-bond acceptors (Lipinski definition) is 4. The van der Waals surface area contributed by atoms with Gasteiger partial charge in [0, 0.05) is 24.4 Å². The second kappa shape index (κ2) is 10.1. The van der Waals surface area contributed by atoms with Gasteiger partial charge in [0.1, 0.15) is 5.75 Å². The fraction of sp³-hybridized carbons (Fsp3) is 0.391. The van der Waals surface area contributed by atoms with Crippen LogP contribution < -0.4 is 15.4 Å². The molecule has 0 aromatic heterocycles. The molecule has 1 aliphatic rings. The van der Waals surface area contributed by atoms with Crippen LogP contribution in [0.4, 0.5) is 5.69 Å². The molecule has 0 radical (unpaired) electrons. The van der Waals surface area contributed by atoms with Crippen molar-refractivity contribution in [3.05, 3.63) is 59.7 Å². The molecule has 1 fully saturated rings. The highest BCUT2D eigenvalue weighted by atomic mass is 16.5. The summed E-state index contributed by atoms with van der Waals surface area (Å²) in [6.45, 7) is 5.46. The van der Waals surface area contributed by atoms with Crippen LogP contribution in [0, 0.1) is 0 Å². The van der Waals surface area contributed by atoms with Crippen molar-refractivity contribution >= 4 is 17.5 Å². The molecule has 2 aromatic rings. The normalized spacial score (nSPS) is 15.9. The Balaban J connectivity index is 1.43. The van der Waals surface area contributed by atoms with Crippen LogP contribution in [0.25, 0.3) is 0 Å². The van der Waals surface area contributed by atoms with Gasteiger partial charge in [-0.25, -0.2) is 0 Å². The molecular formula is C23H28N2O4. The van der Waals surface area contributed by atoms with E-state index in [-0.39, 0.29) is 24.5 Å². The Hall–Kier alpha value is -2.86. The molecule has 3 rings (SSSR count). The van der Waals surface area contributed by atoms with Crippen LogP contribution in [0.3, 0.4) is 0 Å². The van der Waals surface area contributed by atoms with Gasteiger partial charge in [0.2, 0.25) is 0 Å². The Morgan fingerprint density at radius 3 is 2.45 bits per heavy atom. The van der Waals surface area contributed by atoms with Crippen molar-refractivity contribution in [2.45, 2.75) is 38.7 Å². The lowest BCUT2D eigenvalue weighted by atomic mass is 10.0. The number of hydrogen-bond donors (Lipinski definition) is 2. The van der Waals surface area contributed by atoms with Gasteiger partial charge >= 0.3 is 0 Å². The minimum Gasteiger partial charge on any atom is -0.484 e. The van der Waals surface area contributed by atoms with Crippen LogP contribution in [0.15, 0.2) is 48.5 Å². The van der Waals surface area contributed by atoms with Crippen LogP contribution in [0.2, 0.25) is 0 Å².